The Kier molecular flexibility index (Phi) is 7.07. The van der Waals surface area contributed by atoms with Gasteiger partial charge in [0.05, 0.1) is 0 Å². The van der Waals surface area contributed by atoms with Crippen LogP contribution in [0, 0.1) is 0 Å². The zero-order chi connectivity index (χ0) is 22.3. The molecular weight excluding hydrogens is 404 g/mol. The lowest BCUT2D eigenvalue weighted by Crippen LogP contribution is -2.26. The average Bonchev–Trinajstić information content (AvgIpc) is 3.20. The fourth-order valence-electron chi connectivity index (χ4n) is 3.97. The van der Waals surface area contributed by atoms with Crippen LogP contribution >= 0.6 is 0 Å². The molecule has 1 aliphatic heterocycles. The Hall–Kier alpha value is -3.31. The summed E-state index contributed by atoms with van der Waals surface area (Å²) < 4.78 is 17.3. The van der Waals surface area contributed by atoms with E-state index >= 15 is 0 Å². The van der Waals surface area contributed by atoms with Crippen molar-refractivity contribution in [2.24, 2.45) is 0 Å². The molecule has 166 valence electrons. The fraction of sp³-hybridized carbons (Fsp3) is 0.296. The molecule has 1 N–H and O–H groups in total. The third-order valence-electron chi connectivity index (χ3n) is 5.57. The number of hydrogen-bond acceptors (Lipinski definition) is 4. The van der Waals surface area contributed by atoms with Crippen LogP contribution < -0.4 is 9.47 Å². The molecule has 0 saturated carbocycles. The van der Waals surface area contributed by atoms with E-state index in [0.717, 1.165) is 41.0 Å². The van der Waals surface area contributed by atoms with Crippen molar-refractivity contribution >= 4 is 5.97 Å². The minimum absolute atomic E-state index is 0.0681. The highest BCUT2D eigenvalue weighted by Crippen LogP contribution is 2.31. The van der Waals surface area contributed by atoms with Gasteiger partial charge in [0.15, 0.2) is 6.10 Å². The van der Waals surface area contributed by atoms with E-state index in [1.807, 2.05) is 60.7 Å². The van der Waals surface area contributed by atoms with Gasteiger partial charge in [0.1, 0.15) is 24.2 Å². The van der Waals surface area contributed by atoms with E-state index in [4.69, 9.17) is 14.2 Å². The second kappa shape index (κ2) is 10.3. The van der Waals surface area contributed by atoms with Gasteiger partial charge in [-0.15, -0.1) is 0 Å². The van der Waals surface area contributed by atoms with E-state index in [0.29, 0.717) is 19.6 Å². The molecule has 0 fully saturated rings. The van der Waals surface area contributed by atoms with E-state index in [9.17, 15) is 9.90 Å². The molecule has 0 saturated heterocycles. The lowest BCUT2D eigenvalue weighted by atomic mass is 10.00. The number of aliphatic carboxylic acids is 1. The van der Waals surface area contributed by atoms with Crippen LogP contribution in [0.4, 0.5) is 0 Å². The van der Waals surface area contributed by atoms with E-state index in [2.05, 4.69) is 12.1 Å². The van der Waals surface area contributed by atoms with Crippen molar-refractivity contribution in [3.05, 3.63) is 95.1 Å². The normalized spacial score (nSPS) is 15.6. The number of hydrogen-bond donors (Lipinski definition) is 1. The molecule has 2 unspecified atom stereocenters. The largest absolute Gasteiger partial charge is 0.489 e. The van der Waals surface area contributed by atoms with Gasteiger partial charge in [-0.1, -0.05) is 54.6 Å². The van der Waals surface area contributed by atoms with Crippen LogP contribution in [0.5, 0.6) is 11.5 Å². The quantitative estimate of drug-likeness (QED) is 0.496. The second-order valence-electron chi connectivity index (χ2n) is 7.99. The van der Waals surface area contributed by atoms with Gasteiger partial charge in [-0.2, -0.15) is 0 Å². The van der Waals surface area contributed by atoms with E-state index in [1.165, 1.54) is 5.56 Å². The molecule has 2 atom stereocenters. The van der Waals surface area contributed by atoms with Crippen LogP contribution in [0.2, 0.25) is 0 Å². The zero-order valence-electron chi connectivity index (χ0n) is 18.2. The number of fused-ring (bicyclic) bond motifs is 1. The predicted molar refractivity (Wildman–Crippen MR) is 122 cm³/mol. The minimum atomic E-state index is -0.933. The Morgan fingerprint density at radius 3 is 2.50 bits per heavy atom. The molecule has 3 aromatic rings. The van der Waals surface area contributed by atoms with Crippen molar-refractivity contribution in [2.45, 2.75) is 45.0 Å². The predicted octanol–water partition coefficient (Wildman–Crippen LogP) is 4.84. The van der Waals surface area contributed by atoms with Crippen molar-refractivity contribution in [3.8, 4) is 11.5 Å². The summed E-state index contributed by atoms with van der Waals surface area (Å²) in [6.45, 7) is 2.73. The number of ether oxygens (including phenoxy) is 3. The topological polar surface area (TPSA) is 65.0 Å². The van der Waals surface area contributed by atoms with Crippen molar-refractivity contribution < 1.29 is 24.1 Å². The van der Waals surface area contributed by atoms with Crippen molar-refractivity contribution in [3.63, 3.8) is 0 Å². The Morgan fingerprint density at radius 2 is 1.78 bits per heavy atom. The van der Waals surface area contributed by atoms with Crippen molar-refractivity contribution in [2.75, 3.05) is 6.61 Å². The second-order valence-corrected chi connectivity index (χ2v) is 7.99. The van der Waals surface area contributed by atoms with Gasteiger partial charge in [0.25, 0.3) is 0 Å². The number of carboxylic acids is 1. The van der Waals surface area contributed by atoms with Gasteiger partial charge in [-0.3, -0.25) is 0 Å². The Labute approximate surface area is 188 Å². The first kappa shape index (κ1) is 21.9. The van der Waals surface area contributed by atoms with Gasteiger partial charge in [-0.25, -0.2) is 4.79 Å². The highest BCUT2D eigenvalue weighted by Gasteiger charge is 2.25. The zero-order valence-corrected chi connectivity index (χ0v) is 18.2. The van der Waals surface area contributed by atoms with Crippen LogP contribution in [0.15, 0.2) is 72.8 Å². The molecule has 0 aliphatic carbocycles. The maximum Gasteiger partial charge on any atom is 0.333 e. The third kappa shape index (κ3) is 5.68. The number of rotatable bonds is 10. The molecule has 0 radical (unpaired) electrons. The van der Waals surface area contributed by atoms with Crippen LogP contribution in [-0.2, 0) is 35.4 Å². The molecule has 0 amide bonds. The summed E-state index contributed by atoms with van der Waals surface area (Å²) >= 11 is 0. The summed E-state index contributed by atoms with van der Waals surface area (Å²) in [6, 6.07) is 24.2. The van der Waals surface area contributed by atoms with Crippen LogP contribution in [0.25, 0.3) is 0 Å². The molecule has 4 rings (SSSR count). The summed E-state index contributed by atoms with van der Waals surface area (Å²) in [5.74, 6) is 0.794. The SMILES string of the molecule is CCOC(Cc1ccc2c(c1)CC(Cc1ccc(OCc3ccccc3)cc1)O2)C(=O)O. The maximum absolute atomic E-state index is 11.4. The summed E-state index contributed by atoms with van der Waals surface area (Å²) in [5.41, 5.74) is 4.41. The average molecular weight is 433 g/mol. The first-order valence-corrected chi connectivity index (χ1v) is 11.0. The van der Waals surface area contributed by atoms with Crippen molar-refractivity contribution in [1.29, 1.82) is 0 Å². The molecule has 5 heteroatoms. The maximum atomic E-state index is 11.4. The minimum Gasteiger partial charge on any atom is -0.489 e. The van der Waals surface area contributed by atoms with E-state index in [-0.39, 0.29) is 6.10 Å². The monoisotopic (exact) mass is 432 g/mol. The van der Waals surface area contributed by atoms with Crippen LogP contribution in [0.3, 0.4) is 0 Å². The number of carbonyl (C=O) groups is 1. The highest BCUT2D eigenvalue weighted by atomic mass is 16.5. The summed E-state index contributed by atoms with van der Waals surface area (Å²) in [4.78, 5) is 11.4. The van der Waals surface area contributed by atoms with Gasteiger partial charge in [0.2, 0.25) is 0 Å². The first-order chi connectivity index (χ1) is 15.6. The smallest absolute Gasteiger partial charge is 0.333 e. The molecule has 0 spiro atoms. The molecule has 0 aromatic heterocycles. The number of benzene rings is 3. The summed E-state index contributed by atoms with van der Waals surface area (Å²) in [5, 5.41) is 9.32. The van der Waals surface area contributed by atoms with Gasteiger partial charge in [0, 0.05) is 25.9 Å². The summed E-state index contributed by atoms with van der Waals surface area (Å²) in [6.07, 6.45) is 1.21. The van der Waals surface area contributed by atoms with E-state index in [1.54, 1.807) is 6.92 Å². The Bertz CT molecular complexity index is 1030. The number of carboxylic acid groups (broad SMARTS) is 1. The molecule has 32 heavy (non-hydrogen) atoms. The lowest BCUT2D eigenvalue weighted by Gasteiger charge is -2.13. The van der Waals surface area contributed by atoms with E-state index < -0.39 is 12.1 Å². The van der Waals surface area contributed by atoms with Crippen molar-refractivity contribution in [1.82, 2.24) is 0 Å². The molecule has 1 heterocycles. The molecule has 1 aliphatic rings. The van der Waals surface area contributed by atoms with Crippen LogP contribution in [0.1, 0.15) is 29.2 Å². The molecule has 3 aromatic carbocycles. The molecular formula is C27H28O5. The lowest BCUT2D eigenvalue weighted by molar-refractivity contribution is -0.149. The molecule has 5 nitrogen and oxygen atoms in total. The Balaban J connectivity index is 1.31. The van der Waals surface area contributed by atoms with Gasteiger partial charge >= 0.3 is 5.97 Å². The standard InChI is InChI=1S/C27H28O5/c1-2-30-26(27(28)29)16-21-10-13-25-22(14-21)17-24(32-25)15-19-8-11-23(12-9-19)31-18-20-6-4-3-5-7-20/h3-14,24,26H,2,15-18H2,1H3,(H,28,29). The highest BCUT2D eigenvalue weighted by molar-refractivity contribution is 5.72. The first-order valence-electron chi connectivity index (χ1n) is 11.0. The third-order valence-corrected chi connectivity index (χ3v) is 5.57. The Morgan fingerprint density at radius 1 is 1.03 bits per heavy atom. The fourth-order valence-corrected chi connectivity index (χ4v) is 3.97. The van der Waals surface area contributed by atoms with Crippen LogP contribution in [-0.4, -0.2) is 29.9 Å². The molecule has 0 bridgehead atoms. The summed E-state index contributed by atoms with van der Waals surface area (Å²) in [7, 11) is 0. The van der Waals surface area contributed by atoms with Gasteiger partial charge < -0.3 is 19.3 Å². The van der Waals surface area contributed by atoms with Gasteiger partial charge in [-0.05, 0) is 47.4 Å².